The molecule has 1 N–H and O–H groups in total. The standard InChI is InChI=1S/C21H19F3N4O3/c1-30-15-9-10-28(12-15)16-8-7-14(11-25-16)26-19(29)17-18(21(22,23)24)31-20(27-17)13-5-3-2-4-6-13/h2-8,11,15H,9-10,12H2,1H3,(H,26,29). The first-order valence-electron chi connectivity index (χ1n) is 9.53. The molecular weight excluding hydrogens is 413 g/mol. The number of alkyl halides is 3. The molecule has 0 aliphatic carbocycles. The fourth-order valence-corrected chi connectivity index (χ4v) is 3.34. The second-order valence-corrected chi connectivity index (χ2v) is 7.01. The Bertz CT molecular complexity index is 1050. The van der Waals surface area contributed by atoms with Crippen molar-refractivity contribution in [2.75, 3.05) is 30.4 Å². The Kier molecular flexibility index (Phi) is 5.64. The number of anilines is 2. The highest BCUT2D eigenvalue weighted by Crippen LogP contribution is 2.35. The molecule has 0 bridgehead atoms. The van der Waals surface area contributed by atoms with Crippen molar-refractivity contribution in [2.24, 2.45) is 0 Å². The third-order valence-electron chi connectivity index (χ3n) is 4.93. The van der Waals surface area contributed by atoms with Crippen LogP contribution in [0.3, 0.4) is 0 Å². The zero-order valence-electron chi connectivity index (χ0n) is 16.5. The summed E-state index contributed by atoms with van der Waals surface area (Å²) in [6.07, 6.45) is -2.47. The summed E-state index contributed by atoms with van der Waals surface area (Å²) >= 11 is 0. The highest BCUT2D eigenvalue weighted by Gasteiger charge is 2.42. The number of hydrogen-bond donors (Lipinski definition) is 1. The molecule has 0 saturated carbocycles. The van der Waals surface area contributed by atoms with Crippen LogP contribution in [0.4, 0.5) is 24.7 Å². The van der Waals surface area contributed by atoms with Crippen LogP contribution in [-0.4, -0.2) is 42.2 Å². The highest BCUT2D eigenvalue weighted by atomic mass is 19.4. The summed E-state index contributed by atoms with van der Waals surface area (Å²) in [5, 5.41) is 2.41. The lowest BCUT2D eigenvalue weighted by Crippen LogP contribution is -2.23. The van der Waals surface area contributed by atoms with Crippen LogP contribution < -0.4 is 10.2 Å². The second kappa shape index (κ2) is 8.38. The molecule has 31 heavy (non-hydrogen) atoms. The molecular formula is C21H19F3N4O3. The van der Waals surface area contributed by atoms with Gasteiger partial charge >= 0.3 is 6.18 Å². The van der Waals surface area contributed by atoms with Gasteiger partial charge in [0.25, 0.3) is 5.91 Å². The Morgan fingerprint density at radius 1 is 1.23 bits per heavy atom. The van der Waals surface area contributed by atoms with Crippen LogP contribution >= 0.6 is 0 Å². The average Bonchev–Trinajstić information content (AvgIpc) is 3.42. The number of pyridine rings is 1. The Morgan fingerprint density at radius 2 is 2.00 bits per heavy atom. The molecule has 7 nitrogen and oxygen atoms in total. The lowest BCUT2D eigenvalue weighted by molar-refractivity contribution is -0.153. The lowest BCUT2D eigenvalue weighted by Gasteiger charge is -2.17. The molecule has 3 heterocycles. The van der Waals surface area contributed by atoms with Crippen molar-refractivity contribution in [3.63, 3.8) is 0 Å². The number of methoxy groups -OCH3 is 1. The van der Waals surface area contributed by atoms with Crippen LogP contribution in [0.15, 0.2) is 53.1 Å². The van der Waals surface area contributed by atoms with E-state index in [4.69, 9.17) is 9.15 Å². The minimum atomic E-state index is -4.87. The summed E-state index contributed by atoms with van der Waals surface area (Å²) in [4.78, 5) is 22.7. The molecule has 0 radical (unpaired) electrons. The average molecular weight is 432 g/mol. The fourth-order valence-electron chi connectivity index (χ4n) is 3.34. The molecule has 162 valence electrons. The van der Waals surface area contributed by atoms with E-state index in [0.29, 0.717) is 17.9 Å². The summed E-state index contributed by atoms with van der Waals surface area (Å²) in [6, 6.07) is 11.3. The number of nitrogens with zero attached hydrogens (tertiary/aromatic N) is 3. The van der Waals surface area contributed by atoms with Gasteiger partial charge in [-0.1, -0.05) is 18.2 Å². The molecule has 3 aromatic rings. The van der Waals surface area contributed by atoms with Crippen molar-refractivity contribution in [1.29, 1.82) is 0 Å². The molecule has 0 spiro atoms. The van der Waals surface area contributed by atoms with Gasteiger partial charge in [-0.05, 0) is 30.7 Å². The first kappa shape index (κ1) is 20.9. The molecule has 4 rings (SSSR count). The van der Waals surface area contributed by atoms with E-state index in [9.17, 15) is 18.0 Å². The van der Waals surface area contributed by atoms with Gasteiger partial charge in [-0.2, -0.15) is 13.2 Å². The smallest absolute Gasteiger partial charge is 0.431 e. The van der Waals surface area contributed by atoms with Crippen molar-refractivity contribution in [2.45, 2.75) is 18.7 Å². The van der Waals surface area contributed by atoms with Crippen molar-refractivity contribution in [3.8, 4) is 11.5 Å². The molecule has 2 aromatic heterocycles. The molecule has 1 amide bonds. The van der Waals surface area contributed by atoms with Gasteiger partial charge in [-0.25, -0.2) is 9.97 Å². The zero-order chi connectivity index (χ0) is 22.0. The minimum absolute atomic E-state index is 0.132. The number of hydrogen-bond acceptors (Lipinski definition) is 6. The number of carbonyl (C=O) groups excluding carboxylic acids is 1. The summed E-state index contributed by atoms with van der Waals surface area (Å²) in [6.45, 7) is 1.48. The van der Waals surface area contributed by atoms with E-state index in [1.165, 1.54) is 6.20 Å². The maximum atomic E-state index is 13.4. The second-order valence-electron chi connectivity index (χ2n) is 7.01. The zero-order valence-corrected chi connectivity index (χ0v) is 16.5. The first-order valence-corrected chi connectivity index (χ1v) is 9.53. The van der Waals surface area contributed by atoms with Gasteiger partial charge in [0.2, 0.25) is 11.7 Å². The summed E-state index contributed by atoms with van der Waals surface area (Å²) < 4.78 is 50.5. The molecule has 1 aliphatic heterocycles. The number of rotatable bonds is 5. The van der Waals surface area contributed by atoms with Crippen LogP contribution in [0.2, 0.25) is 0 Å². The molecule has 1 aromatic carbocycles. The lowest BCUT2D eigenvalue weighted by atomic mass is 10.2. The normalized spacial score (nSPS) is 16.5. The maximum absolute atomic E-state index is 13.4. The van der Waals surface area contributed by atoms with Gasteiger partial charge in [0.1, 0.15) is 5.82 Å². The van der Waals surface area contributed by atoms with Gasteiger partial charge in [-0.3, -0.25) is 4.79 Å². The van der Waals surface area contributed by atoms with Crippen molar-refractivity contribution in [3.05, 3.63) is 60.1 Å². The quantitative estimate of drug-likeness (QED) is 0.650. The van der Waals surface area contributed by atoms with E-state index in [2.05, 4.69) is 15.3 Å². The van der Waals surface area contributed by atoms with E-state index < -0.39 is 23.5 Å². The van der Waals surface area contributed by atoms with E-state index in [0.717, 1.165) is 13.0 Å². The van der Waals surface area contributed by atoms with Crippen molar-refractivity contribution < 1.29 is 27.1 Å². The third-order valence-corrected chi connectivity index (χ3v) is 4.93. The van der Waals surface area contributed by atoms with Crippen LogP contribution in [0.25, 0.3) is 11.5 Å². The predicted octanol–water partition coefficient (Wildman–Crippen LogP) is 4.23. The first-order chi connectivity index (χ1) is 14.8. The van der Waals surface area contributed by atoms with Crippen LogP contribution in [0.5, 0.6) is 0 Å². The Hall–Kier alpha value is -3.40. The number of benzene rings is 1. The number of ether oxygens (including phenoxy) is 1. The Labute approximate surface area is 175 Å². The van der Waals surface area contributed by atoms with Crippen molar-refractivity contribution in [1.82, 2.24) is 9.97 Å². The number of nitrogens with one attached hydrogen (secondary N) is 1. The van der Waals surface area contributed by atoms with E-state index in [1.807, 2.05) is 4.90 Å². The topological polar surface area (TPSA) is 80.5 Å². The monoisotopic (exact) mass is 432 g/mol. The molecule has 1 saturated heterocycles. The molecule has 1 fully saturated rings. The SMILES string of the molecule is COC1CCN(c2ccc(NC(=O)c3nc(-c4ccccc4)oc3C(F)(F)F)cn2)C1. The highest BCUT2D eigenvalue weighted by molar-refractivity contribution is 6.04. The Balaban J connectivity index is 1.53. The number of halogens is 3. The van der Waals surface area contributed by atoms with E-state index >= 15 is 0 Å². The number of oxazole rings is 1. The summed E-state index contributed by atoms with van der Waals surface area (Å²) in [5.41, 5.74) is -0.260. The van der Waals surface area contributed by atoms with E-state index in [1.54, 1.807) is 49.6 Å². The summed E-state index contributed by atoms with van der Waals surface area (Å²) in [5.74, 6) is -2.07. The number of amides is 1. The number of carbonyl (C=O) groups is 1. The predicted molar refractivity (Wildman–Crippen MR) is 107 cm³/mol. The van der Waals surface area contributed by atoms with Gasteiger partial charge in [0.15, 0.2) is 5.69 Å². The van der Waals surface area contributed by atoms with Crippen LogP contribution in [-0.2, 0) is 10.9 Å². The molecule has 1 unspecified atom stereocenters. The van der Waals surface area contributed by atoms with Gasteiger partial charge in [0.05, 0.1) is 18.0 Å². The Morgan fingerprint density at radius 3 is 2.61 bits per heavy atom. The molecule has 1 aliphatic rings. The van der Waals surface area contributed by atoms with Gasteiger partial charge < -0.3 is 19.4 Å². The van der Waals surface area contributed by atoms with E-state index in [-0.39, 0.29) is 17.7 Å². The van der Waals surface area contributed by atoms with Crippen LogP contribution in [0.1, 0.15) is 22.7 Å². The fraction of sp³-hybridized carbons (Fsp3) is 0.286. The minimum Gasteiger partial charge on any atom is -0.431 e. The number of aromatic nitrogens is 2. The van der Waals surface area contributed by atoms with Crippen LogP contribution in [0, 0.1) is 0 Å². The van der Waals surface area contributed by atoms with Crippen molar-refractivity contribution >= 4 is 17.4 Å². The molecule has 1 atom stereocenters. The summed E-state index contributed by atoms with van der Waals surface area (Å²) in [7, 11) is 1.66. The largest absolute Gasteiger partial charge is 0.452 e. The third kappa shape index (κ3) is 4.53. The van der Waals surface area contributed by atoms with Gasteiger partial charge in [-0.15, -0.1) is 0 Å². The molecule has 10 heteroatoms. The maximum Gasteiger partial charge on any atom is 0.452 e. The van der Waals surface area contributed by atoms with Gasteiger partial charge in [0, 0.05) is 25.8 Å².